The molecule has 0 aliphatic carbocycles. The summed E-state index contributed by atoms with van der Waals surface area (Å²) in [5, 5.41) is 2.32. The molecule has 5 rings (SSSR count). The Morgan fingerprint density at radius 3 is 2.45 bits per heavy atom. The van der Waals surface area contributed by atoms with Crippen molar-refractivity contribution in [3.63, 3.8) is 0 Å². The van der Waals surface area contributed by atoms with Crippen LogP contribution in [0, 0.1) is 0 Å². The number of hydrogen-bond donors (Lipinski definition) is 1. The van der Waals surface area contributed by atoms with Crippen molar-refractivity contribution in [1.29, 1.82) is 0 Å². The molecule has 29 heavy (non-hydrogen) atoms. The standard InChI is InChI=1S/C18H26N2O8S/c1-15(2,3)28-13(22)19-7-17-8-25-18(9-24-17,20-10(21)6-29-14(20)23)12-11(17)26-16(4,5)27-12/h11-12H,6-9H2,1-5H3,(H,19,22)/t11-,12?,17?,18?/m1/s1. The zero-order valence-corrected chi connectivity index (χ0v) is 17.9. The molecule has 3 unspecified atom stereocenters. The maximum atomic E-state index is 12.4. The van der Waals surface area contributed by atoms with Gasteiger partial charge in [0, 0.05) is 0 Å². The fourth-order valence-electron chi connectivity index (χ4n) is 4.10. The van der Waals surface area contributed by atoms with E-state index in [1.165, 1.54) is 0 Å². The Bertz CT molecular complexity index is 725. The number of hydrogen-bond acceptors (Lipinski definition) is 9. The van der Waals surface area contributed by atoms with E-state index in [1.54, 1.807) is 34.6 Å². The molecule has 0 radical (unpaired) electrons. The predicted octanol–water partition coefficient (Wildman–Crippen LogP) is 1.22. The first-order valence-corrected chi connectivity index (χ1v) is 10.5. The number of amides is 3. The number of imide groups is 1. The predicted molar refractivity (Wildman–Crippen MR) is 100 cm³/mol. The lowest BCUT2D eigenvalue weighted by Gasteiger charge is -2.58. The largest absolute Gasteiger partial charge is 0.444 e. The minimum Gasteiger partial charge on any atom is -0.444 e. The Kier molecular flexibility index (Phi) is 4.71. The third-order valence-corrected chi connectivity index (χ3v) is 6.07. The Balaban J connectivity index is 1.59. The van der Waals surface area contributed by atoms with Crippen LogP contribution in [0.15, 0.2) is 0 Å². The van der Waals surface area contributed by atoms with Gasteiger partial charge in [0.1, 0.15) is 23.4 Å². The van der Waals surface area contributed by atoms with Gasteiger partial charge in [-0.05, 0) is 34.6 Å². The molecule has 5 heterocycles. The second-order valence-electron chi connectivity index (χ2n) is 9.10. The van der Waals surface area contributed by atoms with E-state index >= 15 is 0 Å². The third kappa shape index (κ3) is 3.42. The molecule has 5 saturated heterocycles. The van der Waals surface area contributed by atoms with E-state index in [1.807, 2.05) is 0 Å². The molecule has 5 fully saturated rings. The van der Waals surface area contributed by atoms with Crippen molar-refractivity contribution in [3.8, 4) is 0 Å². The fraction of sp³-hybridized carbons (Fsp3) is 0.833. The highest BCUT2D eigenvalue weighted by Gasteiger charge is 2.73. The van der Waals surface area contributed by atoms with Crippen molar-refractivity contribution in [1.82, 2.24) is 10.2 Å². The van der Waals surface area contributed by atoms with E-state index in [2.05, 4.69) is 5.32 Å². The molecule has 162 valence electrons. The van der Waals surface area contributed by atoms with Crippen molar-refractivity contribution in [2.75, 3.05) is 25.5 Å². The number of thioether (sulfide) groups is 1. The summed E-state index contributed by atoms with van der Waals surface area (Å²) < 4.78 is 29.7. The van der Waals surface area contributed by atoms with E-state index in [0.717, 1.165) is 16.7 Å². The van der Waals surface area contributed by atoms with Crippen molar-refractivity contribution in [2.45, 2.75) is 69.5 Å². The van der Waals surface area contributed by atoms with E-state index in [-0.39, 0.29) is 31.4 Å². The van der Waals surface area contributed by atoms with Crippen molar-refractivity contribution >= 4 is 29.0 Å². The van der Waals surface area contributed by atoms with Gasteiger partial charge in [-0.3, -0.25) is 9.59 Å². The summed E-state index contributed by atoms with van der Waals surface area (Å²) in [5.74, 6) is -1.27. The normalized spacial score (nSPS) is 38.3. The molecule has 0 saturated carbocycles. The average Bonchev–Trinajstić information content (AvgIpc) is 3.12. The van der Waals surface area contributed by atoms with E-state index in [0.29, 0.717) is 0 Å². The van der Waals surface area contributed by atoms with Crippen LogP contribution in [0.5, 0.6) is 0 Å². The van der Waals surface area contributed by atoms with Crippen LogP contribution < -0.4 is 5.32 Å². The molecular formula is C18H26N2O8S. The quantitative estimate of drug-likeness (QED) is 0.706. The first-order valence-electron chi connectivity index (χ1n) is 9.48. The Labute approximate surface area is 172 Å². The number of ether oxygens (including phenoxy) is 5. The highest BCUT2D eigenvalue weighted by atomic mass is 32.2. The van der Waals surface area contributed by atoms with Crippen LogP contribution in [0.4, 0.5) is 9.59 Å². The summed E-state index contributed by atoms with van der Waals surface area (Å²) in [5.41, 5.74) is -3.06. The number of alkyl carbamates (subject to hydrolysis) is 1. The molecule has 1 N–H and O–H groups in total. The van der Waals surface area contributed by atoms with E-state index in [9.17, 15) is 14.4 Å². The summed E-state index contributed by atoms with van der Waals surface area (Å²) in [7, 11) is 0. The van der Waals surface area contributed by atoms with Crippen LogP contribution in [0.25, 0.3) is 0 Å². The lowest BCUT2D eigenvalue weighted by molar-refractivity contribution is -0.355. The molecule has 0 aromatic heterocycles. The van der Waals surface area contributed by atoms with Gasteiger partial charge in [-0.2, -0.15) is 0 Å². The first-order chi connectivity index (χ1) is 13.4. The highest BCUT2D eigenvalue weighted by molar-refractivity contribution is 8.14. The maximum Gasteiger partial charge on any atom is 0.407 e. The van der Waals surface area contributed by atoms with E-state index in [4.69, 9.17) is 23.7 Å². The minimum atomic E-state index is -1.39. The van der Waals surface area contributed by atoms with Crippen LogP contribution in [0.1, 0.15) is 34.6 Å². The van der Waals surface area contributed by atoms with Crippen LogP contribution in [0.3, 0.4) is 0 Å². The molecule has 4 atom stereocenters. The van der Waals surface area contributed by atoms with Gasteiger partial charge in [0.15, 0.2) is 5.79 Å². The van der Waals surface area contributed by atoms with Crippen LogP contribution in [-0.4, -0.2) is 82.6 Å². The second-order valence-corrected chi connectivity index (χ2v) is 10.0. The zero-order valence-electron chi connectivity index (χ0n) is 17.1. The monoisotopic (exact) mass is 430 g/mol. The third-order valence-electron chi connectivity index (χ3n) is 5.25. The number of carbonyl (C=O) groups excluding carboxylic acids is 3. The van der Waals surface area contributed by atoms with Crippen LogP contribution in [-0.2, 0) is 28.5 Å². The van der Waals surface area contributed by atoms with Gasteiger partial charge in [0.2, 0.25) is 11.6 Å². The SMILES string of the molecule is CC(C)(C)OC(=O)NCC12COC(N3C(=O)CSC3=O)(CO1)C1OC(C)(C)O[C@H]12. The first kappa shape index (κ1) is 20.9. The van der Waals surface area contributed by atoms with Crippen molar-refractivity contribution < 1.29 is 38.1 Å². The number of rotatable bonds is 3. The number of nitrogens with zero attached hydrogens (tertiary/aromatic N) is 1. The summed E-state index contributed by atoms with van der Waals surface area (Å²) in [4.78, 5) is 38.1. The summed E-state index contributed by atoms with van der Waals surface area (Å²) >= 11 is 0.923. The molecule has 11 heteroatoms. The van der Waals surface area contributed by atoms with Gasteiger partial charge in [-0.25, -0.2) is 9.69 Å². The van der Waals surface area contributed by atoms with Gasteiger partial charge >= 0.3 is 6.09 Å². The fourth-order valence-corrected chi connectivity index (χ4v) is 4.86. The minimum absolute atomic E-state index is 0.0190. The molecule has 10 nitrogen and oxygen atoms in total. The Morgan fingerprint density at radius 2 is 1.90 bits per heavy atom. The smallest absolute Gasteiger partial charge is 0.407 e. The molecule has 0 spiro atoms. The summed E-state index contributed by atoms with van der Waals surface area (Å²) in [6.07, 6.45) is -1.98. The zero-order chi connectivity index (χ0) is 21.2. The lowest BCUT2D eigenvalue weighted by atomic mass is 9.81. The molecule has 5 aliphatic rings. The molecule has 2 bridgehead atoms. The molecule has 5 aliphatic heterocycles. The van der Waals surface area contributed by atoms with Gasteiger partial charge in [0.25, 0.3) is 5.24 Å². The average molecular weight is 430 g/mol. The lowest BCUT2D eigenvalue weighted by Crippen LogP contribution is -2.80. The Morgan fingerprint density at radius 1 is 1.21 bits per heavy atom. The summed E-state index contributed by atoms with van der Waals surface area (Å²) in [6, 6.07) is 0. The number of fused-ring (bicyclic) bond motifs is 2. The van der Waals surface area contributed by atoms with E-state index < -0.39 is 46.3 Å². The van der Waals surface area contributed by atoms with Crippen molar-refractivity contribution in [3.05, 3.63) is 0 Å². The van der Waals surface area contributed by atoms with Gasteiger partial charge in [-0.15, -0.1) is 0 Å². The Hall–Kier alpha value is -1.40. The van der Waals surface area contributed by atoms with Crippen LogP contribution >= 0.6 is 11.8 Å². The topological polar surface area (TPSA) is 113 Å². The number of carbonyl (C=O) groups is 3. The molecular weight excluding hydrogens is 404 g/mol. The van der Waals surface area contributed by atoms with Gasteiger partial charge in [-0.1, -0.05) is 11.8 Å². The highest BCUT2D eigenvalue weighted by Crippen LogP contribution is 2.52. The maximum absolute atomic E-state index is 12.4. The van der Waals surface area contributed by atoms with Gasteiger partial charge < -0.3 is 29.0 Å². The van der Waals surface area contributed by atoms with Crippen molar-refractivity contribution in [2.24, 2.45) is 0 Å². The molecule has 3 amide bonds. The number of nitrogens with one attached hydrogen (secondary N) is 1. The summed E-state index contributed by atoms with van der Waals surface area (Å²) in [6.45, 7) is 8.82. The van der Waals surface area contributed by atoms with Gasteiger partial charge in [0.05, 0.1) is 25.5 Å². The molecule has 0 aromatic rings. The van der Waals surface area contributed by atoms with Crippen LogP contribution in [0.2, 0.25) is 0 Å². The second kappa shape index (κ2) is 6.55. The molecule has 0 aromatic carbocycles.